The van der Waals surface area contributed by atoms with Gasteiger partial charge in [0.1, 0.15) is 0 Å². The van der Waals surface area contributed by atoms with Gasteiger partial charge in [0.2, 0.25) is 0 Å². The van der Waals surface area contributed by atoms with Crippen LogP contribution in [0, 0.1) is 6.92 Å². The Morgan fingerprint density at radius 3 is 2.60 bits per heavy atom. The first-order valence-corrected chi connectivity index (χ1v) is 8.41. The summed E-state index contributed by atoms with van der Waals surface area (Å²) in [5.74, 6) is -0.392. The van der Waals surface area contributed by atoms with E-state index in [-0.39, 0.29) is 12.1 Å². The van der Waals surface area contributed by atoms with Crippen LogP contribution in [0.5, 0.6) is 0 Å². The van der Waals surface area contributed by atoms with Gasteiger partial charge < -0.3 is 15.0 Å². The third-order valence-corrected chi connectivity index (χ3v) is 4.50. The number of esters is 1. The van der Waals surface area contributed by atoms with Crippen molar-refractivity contribution in [2.45, 2.75) is 25.8 Å². The number of amides is 2. The number of hydrogen-bond acceptors (Lipinski definition) is 3. The summed E-state index contributed by atoms with van der Waals surface area (Å²) in [5.41, 5.74) is 3.49. The summed E-state index contributed by atoms with van der Waals surface area (Å²) in [6, 6.07) is 15.0. The lowest BCUT2D eigenvalue weighted by atomic mass is 10.0. The van der Waals surface area contributed by atoms with Crippen molar-refractivity contribution in [2.75, 3.05) is 19.0 Å². The molecule has 0 aliphatic carbocycles. The van der Waals surface area contributed by atoms with Gasteiger partial charge in [0, 0.05) is 12.2 Å². The van der Waals surface area contributed by atoms with Crippen LogP contribution in [0.4, 0.5) is 10.5 Å². The summed E-state index contributed by atoms with van der Waals surface area (Å²) in [5, 5.41) is 2.92. The van der Waals surface area contributed by atoms with Gasteiger partial charge in [-0.05, 0) is 49.6 Å². The number of aryl methyl sites for hydroxylation is 1. The molecule has 2 aromatic rings. The molecular formula is C20H22N2O3. The quantitative estimate of drug-likeness (QED) is 0.855. The van der Waals surface area contributed by atoms with Crippen molar-refractivity contribution < 1.29 is 14.3 Å². The van der Waals surface area contributed by atoms with Gasteiger partial charge in [-0.3, -0.25) is 0 Å². The van der Waals surface area contributed by atoms with Crippen LogP contribution in [-0.4, -0.2) is 30.6 Å². The summed E-state index contributed by atoms with van der Waals surface area (Å²) >= 11 is 0. The third kappa shape index (κ3) is 3.82. The highest BCUT2D eigenvalue weighted by Gasteiger charge is 2.30. The molecule has 1 saturated heterocycles. The summed E-state index contributed by atoms with van der Waals surface area (Å²) in [6.07, 6.45) is 1.96. The van der Waals surface area contributed by atoms with Gasteiger partial charge in [-0.1, -0.05) is 29.8 Å². The van der Waals surface area contributed by atoms with Crippen LogP contribution < -0.4 is 5.32 Å². The monoisotopic (exact) mass is 338 g/mol. The molecule has 1 N–H and O–H groups in total. The normalized spacial score (nSPS) is 16.6. The average Bonchev–Trinajstić information content (AvgIpc) is 3.11. The molecule has 3 rings (SSSR count). The fraction of sp³-hybridized carbons (Fsp3) is 0.300. The molecule has 130 valence electrons. The van der Waals surface area contributed by atoms with Crippen molar-refractivity contribution in [3.63, 3.8) is 0 Å². The molecule has 2 amide bonds. The van der Waals surface area contributed by atoms with E-state index in [4.69, 9.17) is 0 Å². The van der Waals surface area contributed by atoms with Gasteiger partial charge >= 0.3 is 12.0 Å². The van der Waals surface area contributed by atoms with Gasteiger partial charge in [0.05, 0.1) is 18.7 Å². The van der Waals surface area contributed by atoms with E-state index >= 15 is 0 Å². The lowest BCUT2D eigenvalue weighted by molar-refractivity contribution is 0.0600. The van der Waals surface area contributed by atoms with Crippen LogP contribution in [-0.2, 0) is 4.74 Å². The fourth-order valence-corrected chi connectivity index (χ4v) is 3.24. The van der Waals surface area contributed by atoms with Crippen LogP contribution in [0.3, 0.4) is 0 Å². The van der Waals surface area contributed by atoms with Crippen LogP contribution >= 0.6 is 0 Å². The van der Waals surface area contributed by atoms with Crippen molar-refractivity contribution in [1.29, 1.82) is 0 Å². The van der Waals surface area contributed by atoms with E-state index in [0.29, 0.717) is 11.3 Å². The Balaban J connectivity index is 1.71. The van der Waals surface area contributed by atoms with Crippen molar-refractivity contribution in [3.8, 4) is 0 Å². The Labute approximate surface area is 147 Å². The van der Waals surface area contributed by atoms with Gasteiger partial charge in [0.25, 0.3) is 0 Å². The summed E-state index contributed by atoms with van der Waals surface area (Å²) in [4.78, 5) is 26.0. The Hall–Kier alpha value is -2.82. The largest absolute Gasteiger partial charge is 0.465 e. The van der Waals surface area contributed by atoms with Crippen molar-refractivity contribution in [3.05, 3.63) is 65.2 Å². The average molecular weight is 338 g/mol. The van der Waals surface area contributed by atoms with Crippen LogP contribution in [0.2, 0.25) is 0 Å². The van der Waals surface area contributed by atoms with E-state index in [1.807, 2.05) is 11.0 Å². The van der Waals surface area contributed by atoms with Crippen molar-refractivity contribution in [2.24, 2.45) is 0 Å². The zero-order valence-corrected chi connectivity index (χ0v) is 14.5. The minimum absolute atomic E-state index is 0.106. The molecule has 1 fully saturated rings. The Morgan fingerprint density at radius 2 is 1.92 bits per heavy atom. The van der Waals surface area contributed by atoms with Crippen LogP contribution in [0.1, 0.15) is 40.4 Å². The zero-order chi connectivity index (χ0) is 17.8. The highest BCUT2D eigenvalue weighted by atomic mass is 16.5. The molecule has 0 aromatic heterocycles. The smallest absolute Gasteiger partial charge is 0.337 e. The molecule has 0 bridgehead atoms. The second-order valence-corrected chi connectivity index (χ2v) is 6.26. The molecule has 2 aromatic carbocycles. The molecule has 0 unspecified atom stereocenters. The first-order valence-electron chi connectivity index (χ1n) is 8.41. The molecule has 1 heterocycles. The number of urea groups is 1. The van der Waals surface area contributed by atoms with E-state index in [0.717, 1.165) is 19.4 Å². The van der Waals surface area contributed by atoms with E-state index in [1.54, 1.807) is 24.3 Å². The highest BCUT2D eigenvalue weighted by molar-refractivity contribution is 5.92. The molecule has 0 spiro atoms. The number of anilines is 1. The van der Waals surface area contributed by atoms with Gasteiger partial charge in [-0.2, -0.15) is 0 Å². The summed E-state index contributed by atoms with van der Waals surface area (Å²) in [7, 11) is 1.34. The van der Waals surface area contributed by atoms with Gasteiger partial charge in [-0.25, -0.2) is 9.59 Å². The minimum atomic E-state index is -0.392. The molecule has 5 heteroatoms. The molecular weight excluding hydrogens is 316 g/mol. The molecule has 25 heavy (non-hydrogen) atoms. The lowest BCUT2D eigenvalue weighted by Crippen LogP contribution is -2.34. The SMILES string of the molecule is COC(=O)c1ccc(NC(=O)N2CCC[C@@H]2c2cccc(C)c2)cc1. The third-order valence-electron chi connectivity index (χ3n) is 4.50. The number of nitrogens with zero attached hydrogens (tertiary/aromatic N) is 1. The highest BCUT2D eigenvalue weighted by Crippen LogP contribution is 2.32. The van der Waals surface area contributed by atoms with E-state index in [1.165, 1.54) is 18.2 Å². The topological polar surface area (TPSA) is 58.6 Å². The fourth-order valence-electron chi connectivity index (χ4n) is 3.24. The number of nitrogens with one attached hydrogen (secondary N) is 1. The number of carbonyl (C=O) groups is 2. The van der Waals surface area contributed by atoms with E-state index < -0.39 is 5.97 Å². The van der Waals surface area contributed by atoms with Gasteiger partial charge in [-0.15, -0.1) is 0 Å². The Morgan fingerprint density at radius 1 is 1.16 bits per heavy atom. The predicted molar refractivity (Wildman–Crippen MR) is 96.7 cm³/mol. The first-order chi connectivity index (χ1) is 12.1. The number of carbonyl (C=O) groups excluding carboxylic acids is 2. The van der Waals surface area contributed by atoms with E-state index in [2.05, 4.69) is 35.2 Å². The number of hydrogen-bond donors (Lipinski definition) is 1. The maximum absolute atomic E-state index is 12.7. The Kier molecular flexibility index (Phi) is 5.03. The molecule has 5 nitrogen and oxygen atoms in total. The van der Waals surface area contributed by atoms with Crippen LogP contribution in [0.25, 0.3) is 0 Å². The number of rotatable bonds is 3. The van der Waals surface area contributed by atoms with Crippen molar-refractivity contribution in [1.82, 2.24) is 4.90 Å². The van der Waals surface area contributed by atoms with Gasteiger partial charge in [0.15, 0.2) is 0 Å². The molecule has 1 aliphatic heterocycles. The molecule has 1 aliphatic rings. The standard InChI is InChI=1S/C20H22N2O3/c1-14-5-3-6-16(13-14)18-7-4-12-22(18)20(24)21-17-10-8-15(9-11-17)19(23)25-2/h3,5-6,8-11,13,18H,4,7,12H2,1-2H3,(H,21,24)/t18-/m1/s1. The summed E-state index contributed by atoms with van der Waals surface area (Å²) < 4.78 is 4.68. The van der Waals surface area contributed by atoms with Crippen molar-refractivity contribution >= 4 is 17.7 Å². The molecule has 0 radical (unpaired) electrons. The number of ether oxygens (including phenoxy) is 1. The lowest BCUT2D eigenvalue weighted by Gasteiger charge is -2.25. The second-order valence-electron chi connectivity index (χ2n) is 6.26. The zero-order valence-electron chi connectivity index (χ0n) is 14.5. The summed E-state index contributed by atoms with van der Waals surface area (Å²) in [6.45, 7) is 2.80. The second kappa shape index (κ2) is 7.38. The predicted octanol–water partition coefficient (Wildman–Crippen LogP) is 4.15. The molecule has 1 atom stereocenters. The number of benzene rings is 2. The van der Waals surface area contributed by atoms with Crippen LogP contribution in [0.15, 0.2) is 48.5 Å². The Bertz CT molecular complexity index is 771. The first kappa shape index (κ1) is 17.0. The number of likely N-dealkylation sites (tertiary alicyclic amines) is 1. The maximum Gasteiger partial charge on any atom is 0.337 e. The minimum Gasteiger partial charge on any atom is -0.465 e. The van der Waals surface area contributed by atoms with E-state index in [9.17, 15) is 9.59 Å². The molecule has 0 saturated carbocycles. The maximum atomic E-state index is 12.7. The number of methoxy groups -OCH3 is 1.